The van der Waals surface area contributed by atoms with Crippen LogP contribution in [0.2, 0.25) is 0 Å². The molecule has 2 unspecified atom stereocenters. The lowest BCUT2D eigenvalue weighted by molar-refractivity contribution is 0.498. The maximum atomic E-state index is 13.2. The quantitative estimate of drug-likeness (QED) is 0.893. The SMILES string of the molecule is CC(NC1CSc2ccccc21)c1cccc(F)c1. The number of hydrogen-bond acceptors (Lipinski definition) is 2. The highest BCUT2D eigenvalue weighted by Gasteiger charge is 2.24. The van der Waals surface area contributed by atoms with Crippen molar-refractivity contribution in [1.82, 2.24) is 5.32 Å². The van der Waals surface area contributed by atoms with E-state index >= 15 is 0 Å². The van der Waals surface area contributed by atoms with Crippen LogP contribution in [-0.4, -0.2) is 5.75 Å². The first-order valence-corrected chi connectivity index (χ1v) is 7.46. The van der Waals surface area contributed by atoms with Crippen LogP contribution in [0.5, 0.6) is 0 Å². The van der Waals surface area contributed by atoms with Gasteiger partial charge in [-0.25, -0.2) is 4.39 Å². The molecule has 2 atom stereocenters. The molecule has 19 heavy (non-hydrogen) atoms. The largest absolute Gasteiger partial charge is 0.303 e. The summed E-state index contributed by atoms with van der Waals surface area (Å²) in [5, 5.41) is 3.59. The maximum Gasteiger partial charge on any atom is 0.123 e. The summed E-state index contributed by atoms with van der Waals surface area (Å²) in [6, 6.07) is 15.8. The van der Waals surface area contributed by atoms with Crippen molar-refractivity contribution >= 4 is 11.8 Å². The predicted octanol–water partition coefficient (Wildman–Crippen LogP) is 4.32. The highest BCUT2D eigenvalue weighted by Crippen LogP contribution is 2.38. The Morgan fingerprint density at radius 3 is 2.89 bits per heavy atom. The number of nitrogens with one attached hydrogen (secondary N) is 1. The van der Waals surface area contributed by atoms with Crippen molar-refractivity contribution in [1.29, 1.82) is 0 Å². The topological polar surface area (TPSA) is 12.0 Å². The van der Waals surface area contributed by atoms with Gasteiger partial charge in [0.25, 0.3) is 0 Å². The molecule has 0 aliphatic carbocycles. The summed E-state index contributed by atoms with van der Waals surface area (Å²) in [7, 11) is 0. The molecule has 1 aliphatic rings. The van der Waals surface area contributed by atoms with Crippen LogP contribution < -0.4 is 5.32 Å². The molecule has 0 fully saturated rings. The second-order valence-electron chi connectivity index (χ2n) is 4.84. The molecule has 1 heterocycles. The Bertz CT molecular complexity index is 584. The van der Waals surface area contributed by atoms with Crippen molar-refractivity contribution in [3.8, 4) is 0 Å². The molecule has 2 aromatic rings. The van der Waals surface area contributed by atoms with Gasteiger partial charge in [0, 0.05) is 22.7 Å². The van der Waals surface area contributed by atoms with E-state index in [-0.39, 0.29) is 11.9 Å². The molecule has 0 bridgehead atoms. The summed E-state index contributed by atoms with van der Waals surface area (Å²) in [4.78, 5) is 1.35. The van der Waals surface area contributed by atoms with Gasteiger partial charge in [-0.1, -0.05) is 30.3 Å². The van der Waals surface area contributed by atoms with Crippen LogP contribution in [0, 0.1) is 5.82 Å². The molecule has 0 spiro atoms. The molecule has 0 radical (unpaired) electrons. The number of thioether (sulfide) groups is 1. The third kappa shape index (κ3) is 2.67. The molecule has 0 saturated heterocycles. The molecule has 3 rings (SSSR count). The van der Waals surface area contributed by atoms with Crippen LogP contribution in [0.25, 0.3) is 0 Å². The molecule has 0 aromatic heterocycles. The Morgan fingerprint density at radius 1 is 1.21 bits per heavy atom. The zero-order valence-electron chi connectivity index (χ0n) is 10.8. The molecule has 1 aliphatic heterocycles. The van der Waals surface area contributed by atoms with Gasteiger partial charge in [0.1, 0.15) is 5.82 Å². The van der Waals surface area contributed by atoms with Crippen molar-refractivity contribution in [3.63, 3.8) is 0 Å². The van der Waals surface area contributed by atoms with Gasteiger partial charge in [-0.3, -0.25) is 0 Å². The maximum absolute atomic E-state index is 13.2. The van der Waals surface area contributed by atoms with Crippen LogP contribution in [0.4, 0.5) is 4.39 Å². The first-order chi connectivity index (χ1) is 9.24. The Morgan fingerprint density at radius 2 is 2.05 bits per heavy atom. The molecular weight excluding hydrogens is 257 g/mol. The number of benzene rings is 2. The van der Waals surface area contributed by atoms with Gasteiger partial charge in [-0.2, -0.15) is 0 Å². The first-order valence-electron chi connectivity index (χ1n) is 6.47. The van der Waals surface area contributed by atoms with Gasteiger partial charge in [0.2, 0.25) is 0 Å². The molecule has 0 amide bonds. The first kappa shape index (κ1) is 12.7. The highest BCUT2D eigenvalue weighted by atomic mass is 32.2. The monoisotopic (exact) mass is 273 g/mol. The second kappa shape index (κ2) is 5.35. The average molecular weight is 273 g/mol. The summed E-state index contributed by atoms with van der Waals surface area (Å²) in [5.41, 5.74) is 2.35. The smallest absolute Gasteiger partial charge is 0.123 e. The summed E-state index contributed by atoms with van der Waals surface area (Å²) < 4.78 is 13.2. The normalized spacial score (nSPS) is 19.2. The summed E-state index contributed by atoms with van der Waals surface area (Å²) in [5.74, 6) is 0.867. The fraction of sp³-hybridized carbons (Fsp3) is 0.250. The van der Waals surface area contributed by atoms with E-state index < -0.39 is 0 Å². The Hall–Kier alpha value is -1.32. The van der Waals surface area contributed by atoms with Gasteiger partial charge < -0.3 is 5.32 Å². The van der Waals surface area contributed by atoms with E-state index in [9.17, 15) is 4.39 Å². The number of rotatable bonds is 3. The number of hydrogen-bond donors (Lipinski definition) is 1. The minimum atomic E-state index is -0.174. The van der Waals surface area contributed by atoms with Crippen LogP contribution in [-0.2, 0) is 0 Å². The van der Waals surface area contributed by atoms with E-state index in [4.69, 9.17) is 0 Å². The zero-order valence-corrected chi connectivity index (χ0v) is 11.6. The van der Waals surface area contributed by atoms with E-state index in [1.54, 1.807) is 12.1 Å². The lowest BCUT2D eigenvalue weighted by Crippen LogP contribution is -2.24. The average Bonchev–Trinajstić information content (AvgIpc) is 2.82. The van der Waals surface area contributed by atoms with E-state index in [1.807, 2.05) is 17.8 Å². The van der Waals surface area contributed by atoms with E-state index in [0.717, 1.165) is 11.3 Å². The summed E-state index contributed by atoms with van der Waals surface area (Å²) >= 11 is 1.88. The van der Waals surface area contributed by atoms with Gasteiger partial charge >= 0.3 is 0 Å². The molecule has 1 N–H and O–H groups in total. The Labute approximate surface area is 117 Å². The molecule has 2 aromatic carbocycles. The number of fused-ring (bicyclic) bond motifs is 1. The summed E-state index contributed by atoms with van der Waals surface area (Å²) in [6.07, 6.45) is 0. The van der Waals surface area contributed by atoms with Crippen molar-refractivity contribution < 1.29 is 4.39 Å². The predicted molar refractivity (Wildman–Crippen MR) is 77.9 cm³/mol. The Kier molecular flexibility index (Phi) is 3.58. The van der Waals surface area contributed by atoms with Crippen molar-refractivity contribution in [2.75, 3.05) is 5.75 Å². The lowest BCUT2D eigenvalue weighted by Gasteiger charge is -2.20. The molecule has 1 nitrogen and oxygen atoms in total. The standard InChI is InChI=1S/C16H16FNS/c1-11(12-5-4-6-13(17)9-12)18-15-10-19-16-8-3-2-7-14(15)16/h2-9,11,15,18H,10H2,1H3. The van der Waals surface area contributed by atoms with Crippen LogP contribution >= 0.6 is 11.8 Å². The van der Waals surface area contributed by atoms with Crippen LogP contribution in [0.3, 0.4) is 0 Å². The van der Waals surface area contributed by atoms with Gasteiger partial charge in [0.05, 0.1) is 0 Å². The summed E-state index contributed by atoms with van der Waals surface area (Å²) in [6.45, 7) is 2.08. The molecule has 3 heteroatoms. The second-order valence-corrected chi connectivity index (χ2v) is 5.91. The molecule has 0 saturated carbocycles. The fourth-order valence-corrected chi connectivity index (χ4v) is 3.65. The highest BCUT2D eigenvalue weighted by molar-refractivity contribution is 7.99. The van der Waals surface area contributed by atoms with E-state index in [1.165, 1.54) is 16.5 Å². The van der Waals surface area contributed by atoms with E-state index in [2.05, 4.69) is 36.5 Å². The molecule has 98 valence electrons. The van der Waals surface area contributed by atoms with Crippen LogP contribution in [0.1, 0.15) is 30.1 Å². The number of halogens is 1. The van der Waals surface area contributed by atoms with Crippen molar-refractivity contribution in [3.05, 3.63) is 65.5 Å². The fourth-order valence-electron chi connectivity index (χ4n) is 2.47. The third-order valence-corrected chi connectivity index (χ3v) is 4.68. The van der Waals surface area contributed by atoms with Crippen LogP contribution in [0.15, 0.2) is 53.4 Å². The van der Waals surface area contributed by atoms with Gasteiger partial charge in [0.15, 0.2) is 0 Å². The minimum absolute atomic E-state index is 0.146. The zero-order chi connectivity index (χ0) is 13.2. The van der Waals surface area contributed by atoms with E-state index in [0.29, 0.717) is 6.04 Å². The minimum Gasteiger partial charge on any atom is -0.303 e. The third-order valence-electron chi connectivity index (χ3n) is 3.50. The van der Waals surface area contributed by atoms with Crippen molar-refractivity contribution in [2.24, 2.45) is 0 Å². The molecular formula is C16H16FNS. The van der Waals surface area contributed by atoms with Gasteiger partial charge in [-0.05, 0) is 36.2 Å². The Balaban J connectivity index is 1.76. The van der Waals surface area contributed by atoms with Crippen molar-refractivity contribution in [2.45, 2.75) is 23.9 Å². The van der Waals surface area contributed by atoms with Gasteiger partial charge in [-0.15, -0.1) is 11.8 Å². The lowest BCUT2D eigenvalue weighted by atomic mass is 10.0.